The zero-order chi connectivity index (χ0) is 20.1. The largest absolute Gasteiger partial charge is 0.481 e. The topological polar surface area (TPSA) is 76.9 Å². The molecule has 0 aromatic carbocycles. The number of carbonyl (C=O) groups is 1. The fourth-order valence-corrected chi connectivity index (χ4v) is 4.10. The van der Waals surface area contributed by atoms with Crippen molar-refractivity contribution < 1.29 is 15.0 Å². The maximum Gasteiger partial charge on any atom is 0.300 e. The van der Waals surface area contributed by atoms with Crippen LogP contribution in [0.3, 0.4) is 0 Å². The molecule has 6 nitrogen and oxygen atoms in total. The Labute approximate surface area is 163 Å². The number of carboxylic acid groups (broad SMARTS) is 1. The molecular formula is C21H35N3O3. The maximum atomic E-state index is 10.9. The maximum absolute atomic E-state index is 10.9. The molecule has 1 aliphatic carbocycles. The van der Waals surface area contributed by atoms with Gasteiger partial charge in [-0.05, 0) is 43.2 Å². The normalized spacial score (nSPS) is 26.9. The van der Waals surface area contributed by atoms with Crippen LogP contribution in [-0.2, 0) is 4.79 Å². The molecule has 0 unspecified atom stereocenters. The molecule has 2 aliphatic rings. The van der Waals surface area contributed by atoms with Crippen LogP contribution in [-0.4, -0.2) is 63.9 Å². The Bertz CT molecular complexity index is 580. The third kappa shape index (κ3) is 5.91. The lowest BCUT2D eigenvalue weighted by atomic mass is 9.67. The van der Waals surface area contributed by atoms with E-state index in [1.807, 2.05) is 12.4 Å². The van der Waals surface area contributed by atoms with Gasteiger partial charge in [0.2, 0.25) is 0 Å². The van der Waals surface area contributed by atoms with Crippen LogP contribution < -0.4 is 4.90 Å². The van der Waals surface area contributed by atoms with Crippen LogP contribution in [0.1, 0.15) is 53.4 Å². The number of carboxylic acids is 1. The van der Waals surface area contributed by atoms with Crippen molar-refractivity contribution in [2.45, 2.75) is 65.0 Å². The van der Waals surface area contributed by atoms with Crippen molar-refractivity contribution in [3.63, 3.8) is 0 Å². The van der Waals surface area contributed by atoms with Gasteiger partial charge in [-0.25, -0.2) is 0 Å². The molecule has 6 heteroatoms. The molecule has 0 bridgehead atoms. The Morgan fingerprint density at radius 3 is 2.04 bits per heavy atom. The third-order valence-corrected chi connectivity index (χ3v) is 6.04. The quantitative estimate of drug-likeness (QED) is 0.825. The van der Waals surface area contributed by atoms with Gasteiger partial charge in [0.1, 0.15) is 0 Å². The Morgan fingerprint density at radius 2 is 1.59 bits per heavy atom. The molecule has 1 saturated carbocycles. The summed E-state index contributed by atoms with van der Waals surface area (Å²) in [5, 5.41) is 18.3. The minimum Gasteiger partial charge on any atom is -0.481 e. The second-order valence-electron chi connectivity index (χ2n) is 8.76. The van der Waals surface area contributed by atoms with Crippen LogP contribution in [0.2, 0.25) is 0 Å². The van der Waals surface area contributed by atoms with E-state index in [1.54, 1.807) is 0 Å². The van der Waals surface area contributed by atoms with Crippen molar-refractivity contribution in [1.82, 2.24) is 9.88 Å². The number of aromatic nitrogens is 1. The van der Waals surface area contributed by atoms with E-state index in [-0.39, 0.29) is 5.41 Å². The summed E-state index contributed by atoms with van der Waals surface area (Å²) >= 11 is 0. The van der Waals surface area contributed by atoms with E-state index in [0.717, 1.165) is 58.8 Å². The van der Waals surface area contributed by atoms with E-state index in [4.69, 9.17) is 9.90 Å². The van der Waals surface area contributed by atoms with Gasteiger partial charge in [-0.15, -0.1) is 0 Å². The molecule has 2 heterocycles. The van der Waals surface area contributed by atoms with E-state index in [0.29, 0.717) is 6.04 Å². The third-order valence-electron chi connectivity index (χ3n) is 6.04. The van der Waals surface area contributed by atoms with Crippen LogP contribution in [0.4, 0.5) is 5.69 Å². The number of pyridine rings is 1. The van der Waals surface area contributed by atoms with Crippen molar-refractivity contribution in [1.29, 1.82) is 0 Å². The first-order valence-electron chi connectivity index (χ1n) is 9.93. The highest BCUT2D eigenvalue weighted by molar-refractivity contribution is 5.62. The zero-order valence-electron chi connectivity index (χ0n) is 17.2. The summed E-state index contributed by atoms with van der Waals surface area (Å²) in [6.45, 7) is 12.0. The Balaban J connectivity index is 0.000000596. The highest BCUT2D eigenvalue weighted by Gasteiger charge is 2.43. The SMILES string of the molecule is CC(=O)O.CC(C)(C)[C@]1(O)CC[C@H](N2CCN(c3ccncc3)CC2)CC1. The Hall–Kier alpha value is -1.66. The van der Waals surface area contributed by atoms with E-state index in [9.17, 15) is 5.11 Å². The van der Waals surface area contributed by atoms with E-state index >= 15 is 0 Å². The highest BCUT2D eigenvalue weighted by atomic mass is 16.4. The zero-order valence-corrected chi connectivity index (χ0v) is 17.2. The van der Waals surface area contributed by atoms with Gasteiger partial charge in [-0.3, -0.25) is 14.7 Å². The number of rotatable bonds is 2. The molecule has 2 N–H and O–H groups in total. The van der Waals surface area contributed by atoms with Crippen molar-refractivity contribution in [2.24, 2.45) is 5.41 Å². The van der Waals surface area contributed by atoms with Gasteiger partial charge in [0.25, 0.3) is 5.97 Å². The minimum absolute atomic E-state index is 0.0159. The summed E-state index contributed by atoms with van der Waals surface area (Å²) in [5.41, 5.74) is 0.783. The summed E-state index contributed by atoms with van der Waals surface area (Å²) in [6, 6.07) is 4.84. The molecule has 27 heavy (non-hydrogen) atoms. The van der Waals surface area contributed by atoms with Crippen molar-refractivity contribution in [3.8, 4) is 0 Å². The molecular weight excluding hydrogens is 342 g/mol. The molecule has 152 valence electrons. The lowest BCUT2D eigenvalue weighted by Gasteiger charge is -2.48. The molecule has 0 atom stereocenters. The summed E-state index contributed by atoms with van der Waals surface area (Å²) < 4.78 is 0. The van der Waals surface area contributed by atoms with Gasteiger partial charge in [0.05, 0.1) is 5.60 Å². The van der Waals surface area contributed by atoms with Crippen LogP contribution in [0, 0.1) is 5.41 Å². The minimum atomic E-state index is -0.833. The standard InChI is InChI=1S/C19H31N3O.C2H4O2/c1-18(2,3)19(23)8-4-16(5-9-19)21-12-14-22(15-13-21)17-6-10-20-11-7-17;1-2(3)4/h6-7,10-11,16,23H,4-5,8-9,12-15H2,1-3H3;1H3,(H,3,4)/t16-,19-;. The van der Waals surface area contributed by atoms with Crippen molar-refractivity contribution >= 4 is 11.7 Å². The van der Waals surface area contributed by atoms with Gasteiger partial charge < -0.3 is 15.1 Å². The fraction of sp³-hybridized carbons (Fsp3) is 0.714. The van der Waals surface area contributed by atoms with Crippen LogP contribution in [0.25, 0.3) is 0 Å². The average molecular weight is 378 g/mol. The molecule has 2 fully saturated rings. The molecule has 0 amide bonds. The number of hydrogen-bond acceptors (Lipinski definition) is 5. The highest BCUT2D eigenvalue weighted by Crippen LogP contribution is 2.42. The Kier molecular flexibility index (Phi) is 7.23. The second kappa shape index (κ2) is 9.02. The molecule has 1 aliphatic heterocycles. The summed E-state index contributed by atoms with van der Waals surface area (Å²) in [7, 11) is 0. The summed E-state index contributed by atoms with van der Waals surface area (Å²) in [5.74, 6) is -0.833. The van der Waals surface area contributed by atoms with E-state index < -0.39 is 11.6 Å². The van der Waals surface area contributed by atoms with Gasteiger partial charge in [-0.1, -0.05) is 20.8 Å². The fourth-order valence-electron chi connectivity index (χ4n) is 4.10. The number of piperazine rings is 1. The van der Waals surface area contributed by atoms with Crippen LogP contribution in [0.5, 0.6) is 0 Å². The van der Waals surface area contributed by atoms with Crippen molar-refractivity contribution in [2.75, 3.05) is 31.1 Å². The summed E-state index contributed by atoms with van der Waals surface area (Å²) in [6.07, 6.45) is 7.87. The average Bonchev–Trinajstić information content (AvgIpc) is 2.62. The lowest BCUT2D eigenvalue weighted by molar-refractivity contribution is -0.134. The van der Waals surface area contributed by atoms with Crippen molar-refractivity contribution in [3.05, 3.63) is 24.5 Å². The number of hydrogen-bond donors (Lipinski definition) is 2. The van der Waals surface area contributed by atoms with Crippen LogP contribution in [0.15, 0.2) is 24.5 Å². The molecule has 0 spiro atoms. The molecule has 1 aromatic heterocycles. The van der Waals surface area contributed by atoms with Gasteiger partial charge in [0, 0.05) is 57.2 Å². The monoisotopic (exact) mass is 377 g/mol. The van der Waals surface area contributed by atoms with E-state index in [2.05, 4.69) is 47.7 Å². The molecule has 0 radical (unpaired) electrons. The molecule has 1 aromatic rings. The number of aliphatic hydroxyl groups is 1. The summed E-state index contributed by atoms with van der Waals surface area (Å²) in [4.78, 5) is 18.2. The number of anilines is 1. The molecule has 3 rings (SSSR count). The lowest BCUT2D eigenvalue weighted by Crippen LogP contribution is -2.54. The van der Waals surface area contributed by atoms with E-state index in [1.165, 1.54) is 5.69 Å². The van der Waals surface area contributed by atoms with Gasteiger partial charge >= 0.3 is 0 Å². The number of nitrogens with zero attached hydrogens (tertiary/aromatic N) is 3. The second-order valence-corrected chi connectivity index (χ2v) is 8.76. The molecule has 1 saturated heterocycles. The smallest absolute Gasteiger partial charge is 0.300 e. The predicted molar refractivity (Wildman–Crippen MR) is 108 cm³/mol. The first-order valence-corrected chi connectivity index (χ1v) is 9.93. The van der Waals surface area contributed by atoms with Crippen LogP contribution >= 0.6 is 0 Å². The first kappa shape index (κ1) is 21.6. The first-order chi connectivity index (χ1) is 12.6. The predicted octanol–water partition coefficient (Wildman–Crippen LogP) is 3.01. The Morgan fingerprint density at radius 1 is 1.11 bits per heavy atom. The van der Waals surface area contributed by atoms with Gasteiger partial charge in [-0.2, -0.15) is 0 Å². The van der Waals surface area contributed by atoms with Gasteiger partial charge in [0.15, 0.2) is 0 Å². The number of aliphatic carboxylic acids is 1.